The predicted octanol–water partition coefficient (Wildman–Crippen LogP) is 2.41. The third-order valence-electron chi connectivity index (χ3n) is 4.14. The van der Waals surface area contributed by atoms with Crippen LogP contribution in [0.1, 0.15) is 53.0 Å². The number of aromatic nitrogens is 2. The predicted molar refractivity (Wildman–Crippen MR) is 86.7 cm³/mol. The van der Waals surface area contributed by atoms with Crippen LogP contribution in [-0.2, 0) is 14.3 Å². The second kappa shape index (κ2) is 7.15. The zero-order valence-electron chi connectivity index (χ0n) is 14.5. The smallest absolute Gasteiger partial charge is 0.306 e. The average Bonchev–Trinajstić information content (AvgIpc) is 2.97. The number of amides is 1. The maximum atomic E-state index is 12.4. The van der Waals surface area contributed by atoms with Gasteiger partial charge in [-0.1, -0.05) is 6.92 Å². The van der Waals surface area contributed by atoms with Gasteiger partial charge in [-0.05, 0) is 33.1 Å². The Morgan fingerprint density at radius 1 is 1.30 bits per heavy atom. The van der Waals surface area contributed by atoms with E-state index < -0.39 is 5.60 Å². The molecule has 1 aliphatic heterocycles. The van der Waals surface area contributed by atoms with Gasteiger partial charge < -0.3 is 14.2 Å². The fourth-order valence-electron chi connectivity index (χ4n) is 2.89. The van der Waals surface area contributed by atoms with Crippen LogP contribution in [0.4, 0.5) is 0 Å². The van der Waals surface area contributed by atoms with Crippen molar-refractivity contribution in [1.29, 1.82) is 0 Å². The van der Waals surface area contributed by atoms with Crippen LogP contribution in [0.2, 0.25) is 0 Å². The zero-order valence-corrected chi connectivity index (χ0v) is 14.5. The van der Waals surface area contributed by atoms with Crippen molar-refractivity contribution >= 4 is 11.9 Å². The van der Waals surface area contributed by atoms with Crippen molar-refractivity contribution in [2.45, 2.75) is 58.6 Å². The molecule has 0 spiro atoms. The van der Waals surface area contributed by atoms with Gasteiger partial charge in [0.25, 0.3) is 0 Å². The van der Waals surface area contributed by atoms with E-state index >= 15 is 0 Å². The normalized spacial score (nSPS) is 22.0. The molecule has 0 unspecified atom stereocenters. The molecule has 23 heavy (non-hydrogen) atoms. The van der Waals surface area contributed by atoms with Crippen molar-refractivity contribution in [3.05, 3.63) is 18.7 Å². The average molecular weight is 321 g/mol. The van der Waals surface area contributed by atoms with E-state index in [0.717, 1.165) is 13.0 Å². The molecular formula is C17H27N3O3. The van der Waals surface area contributed by atoms with Gasteiger partial charge in [0.05, 0.1) is 18.8 Å². The summed E-state index contributed by atoms with van der Waals surface area (Å²) in [5, 5.41) is 0. The highest BCUT2D eigenvalue weighted by Gasteiger charge is 2.30. The molecule has 2 heterocycles. The van der Waals surface area contributed by atoms with Crippen LogP contribution in [0.25, 0.3) is 0 Å². The topological polar surface area (TPSA) is 64.4 Å². The molecule has 1 amide bonds. The number of imidazole rings is 1. The van der Waals surface area contributed by atoms with Crippen molar-refractivity contribution in [1.82, 2.24) is 14.5 Å². The molecule has 0 N–H and O–H groups in total. The molecule has 128 valence electrons. The van der Waals surface area contributed by atoms with Gasteiger partial charge in [-0.25, -0.2) is 4.98 Å². The fraction of sp³-hybridized carbons (Fsp3) is 0.706. The number of carbonyl (C=O) groups is 2. The number of likely N-dealkylation sites (tertiary alicyclic amines) is 1. The summed E-state index contributed by atoms with van der Waals surface area (Å²) in [7, 11) is 0. The Bertz CT molecular complexity index is 534. The van der Waals surface area contributed by atoms with Crippen LogP contribution in [0.15, 0.2) is 18.7 Å². The lowest BCUT2D eigenvalue weighted by Gasteiger charge is -2.37. The quantitative estimate of drug-likeness (QED) is 0.799. The molecule has 0 aliphatic carbocycles. The number of esters is 1. The van der Waals surface area contributed by atoms with Gasteiger partial charge in [0.15, 0.2) is 0 Å². The summed E-state index contributed by atoms with van der Waals surface area (Å²) in [4.78, 5) is 30.1. The molecule has 2 rings (SSSR count). The first kappa shape index (κ1) is 17.5. The summed E-state index contributed by atoms with van der Waals surface area (Å²) in [5.74, 6) is 0.203. The molecule has 6 heteroatoms. The number of carbonyl (C=O) groups excluding carboxylic acids is 2. The van der Waals surface area contributed by atoms with Gasteiger partial charge in [0, 0.05) is 31.9 Å². The third kappa shape index (κ3) is 5.08. The van der Waals surface area contributed by atoms with Gasteiger partial charge >= 0.3 is 5.97 Å². The van der Waals surface area contributed by atoms with Gasteiger partial charge in [0.1, 0.15) is 5.60 Å². The molecule has 0 radical (unpaired) electrons. The molecule has 1 fully saturated rings. The number of rotatable bonds is 4. The second-order valence-electron chi connectivity index (χ2n) is 7.27. The molecule has 2 atom stereocenters. The Hall–Kier alpha value is -1.85. The van der Waals surface area contributed by atoms with E-state index in [1.807, 2.05) is 31.9 Å². The summed E-state index contributed by atoms with van der Waals surface area (Å²) >= 11 is 0. The van der Waals surface area contributed by atoms with E-state index in [1.54, 1.807) is 12.5 Å². The zero-order chi connectivity index (χ0) is 17.0. The molecule has 6 nitrogen and oxygen atoms in total. The first-order valence-electron chi connectivity index (χ1n) is 8.23. The lowest BCUT2D eigenvalue weighted by atomic mass is 9.93. The van der Waals surface area contributed by atoms with E-state index in [-0.39, 0.29) is 30.8 Å². The Balaban J connectivity index is 1.86. The van der Waals surface area contributed by atoms with E-state index in [9.17, 15) is 9.59 Å². The van der Waals surface area contributed by atoms with Crippen molar-refractivity contribution in [3.63, 3.8) is 0 Å². The minimum Gasteiger partial charge on any atom is -0.460 e. The summed E-state index contributed by atoms with van der Waals surface area (Å²) in [5.41, 5.74) is -0.507. The fourth-order valence-corrected chi connectivity index (χ4v) is 2.89. The largest absolute Gasteiger partial charge is 0.460 e. The molecule has 1 saturated heterocycles. The van der Waals surface area contributed by atoms with Crippen molar-refractivity contribution in [3.8, 4) is 0 Å². The Morgan fingerprint density at radius 3 is 2.65 bits per heavy atom. The molecule has 0 bridgehead atoms. The maximum Gasteiger partial charge on any atom is 0.306 e. The highest BCUT2D eigenvalue weighted by molar-refractivity contribution is 5.81. The van der Waals surface area contributed by atoms with Crippen molar-refractivity contribution in [2.75, 3.05) is 13.1 Å². The first-order valence-corrected chi connectivity index (χ1v) is 8.23. The second-order valence-corrected chi connectivity index (χ2v) is 7.27. The number of hydrogen-bond acceptors (Lipinski definition) is 4. The number of hydrogen-bond donors (Lipinski definition) is 0. The van der Waals surface area contributed by atoms with E-state index in [1.165, 1.54) is 0 Å². The lowest BCUT2D eigenvalue weighted by Crippen LogP contribution is -2.43. The molecule has 1 aromatic heterocycles. The Kier molecular flexibility index (Phi) is 5.44. The minimum atomic E-state index is -0.507. The standard InChI is InChI=1S/C17H27N3O3/c1-13-7-9-19(11-14(13)20-10-8-18-12-20)15(21)5-6-16(22)23-17(2,3)4/h8,10,12-14H,5-7,9,11H2,1-4H3/t13-,14-/m1/s1. The van der Waals surface area contributed by atoms with Crippen molar-refractivity contribution in [2.24, 2.45) is 5.92 Å². The molecule has 1 aromatic rings. The highest BCUT2D eigenvalue weighted by atomic mass is 16.6. The van der Waals surface area contributed by atoms with Gasteiger partial charge in [-0.3, -0.25) is 9.59 Å². The van der Waals surface area contributed by atoms with Crippen molar-refractivity contribution < 1.29 is 14.3 Å². The van der Waals surface area contributed by atoms with E-state index in [4.69, 9.17) is 4.74 Å². The number of piperidine rings is 1. The molecular weight excluding hydrogens is 294 g/mol. The van der Waals surface area contributed by atoms with Gasteiger partial charge in [0.2, 0.25) is 5.91 Å². The molecule has 0 saturated carbocycles. The maximum absolute atomic E-state index is 12.4. The minimum absolute atomic E-state index is 0.0212. The summed E-state index contributed by atoms with van der Waals surface area (Å²) in [6.45, 7) is 9.11. The van der Waals surface area contributed by atoms with Crippen LogP contribution in [0.5, 0.6) is 0 Å². The highest BCUT2D eigenvalue weighted by Crippen LogP contribution is 2.27. The number of nitrogens with zero attached hydrogens (tertiary/aromatic N) is 3. The Labute approximate surface area is 137 Å². The van der Waals surface area contributed by atoms with Crippen LogP contribution in [0.3, 0.4) is 0 Å². The first-order chi connectivity index (χ1) is 10.8. The van der Waals surface area contributed by atoms with Crippen LogP contribution >= 0.6 is 0 Å². The monoisotopic (exact) mass is 321 g/mol. The summed E-state index contributed by atoms with van der Waals surface area (Å²) < 4.78 is 7.32. The third-order valence-corrected chi connectivity index (χ3v) is 4.14. The molecule has 0 aromatic carbocycles. The van der Waals surface area contributed by atoms with E-state index in [0.29, 0.717) is 12.5 Å². The lowest BCUT2D eigenvalue weighted by molar-refractivity contribution is -0.156. The van der Waals surface area contributed by atoms with Crippen LogP contribution in [0, 0.1) is 5.92 Å². The summed E-state index contributed by atoms with van der Waals surface area (Å²) in [6.07, 6.45) is 6.81. The van der Waals surface area contributed by atoms with Gasteiger partial charge in [-0.15, -0.1) is 0 Å². The SMILES string of the molecule is C[C@@H]1CCN(C(=O)CCC(=O)OC(C)(C)C)C[C@H]1n1ccnc1. The van der Waals surface area contributed by atoms with Crippen LogP contribution in [-0.4, -0.2) is 45.0 Å². The Morgan fingerprint density at radius 2 is 2.04 bits per heavy atom. The summed E-state index contributed by atoms with van der Waals surface area (Å²) in [6, 6.07) is 0.247. The van der Waals surface area contributed by atoms with Crippen LogP contribution < -0.4 is 0 Å². The molecule has 1 aliphatic rings. The van der Waals surface area contributed by atoms with Gasteiger partial charge in [-0.2, -0.15) is 0 Å². The number of ether oxygens (including phenoxy) is 1. The van der Waals surface area contributed by atoms with E-state index in [2.05, 4.69) is 16.5 Å².